The molecule has 2 N–H and O–H groups in total. The van der Waals surface area contributed by atoms with Crippen LogP contribution in [0.25, 0.3) is 0 Å². The van der Waals surface area contributed by atoms with E-state index in [0.717, 1.165) is 81.5 Å². The highest BCUT2D eigenvalue weighted by atomic mass is 32.2. The molecule has 0 radical (unpaired) electrons. The van der Waals surface area contributed by atoms with E-state index >= 15 is 4.79 Å². The van der Waals surface area contributed by atoms with E-state index in [0.29, 0.717) is 25.8 Å². The van der Waals surface area contributed by atoms with E-state index in [-0.39, 0.29) is 82.9 Å². The van der Waals surface area contributed by atoms with Crippen LogP contribution in [0.4, 0.5) is 0 Å². The Morgan fingerprint density at radius 3 is 2.10 bits per heavy atom. The molecule has 0 bridgehead atoms. The highest BCUT2D eigenvalue weighted by molar-refractivity contribution is 7.87. The zero-order valence-corrected chi connectivity index (χ0v) is 39.2. The molecule has 6 fully saturated rings. The lowest BCUT2D eigenvalue weighted by atomic mass is 9.73. The van der Waals surface area contributed by atoms with Crippen molar-refractivity contribution in [1.29, 1.82) is 0 Å². The van der Waals surface area contributed by atoms with E-state index in [1.807, 2.05) is 27.7 Å². The third-order valence-electron chi connectivity index (χ3n) is 17.0. The van der Waals surface area contributed by atoms with Crippen molar-refractivity contribution >= 4 is 39.5 Å². The van der Waals surface area contributed by atoms with Crippen molar-refractivity contribution in [2.24, 2.45) is 44.8 Å². The number of nitrogens with one attached hydrogen (secondary N) is 2. The molecule has 0 aromatic heterocycles. The second-order valence-electron chi connectivity index (χ2n) is 21.7. The number of allylic oxidation sites excluding steroid dienone is 1. The molecule has 2 spiro atoms. The Balaban J connectivity index is 1.28. The Kier molecular flexibility index (Phi) is 13.4. The third kappa shape index (κ3) is 8.19. The number of carbonyl (C=O) groups excluding carboxylic acids is 5. The highest BCUT2D eigenvalue weighted by Crippen LogP contribution is 2.88. The molecule has 13 heteroatoms. The van der Waals surface area contributed by atoms with Gasteiger partial charge in [0.2, 0.25) is 17.7 Å². The third-order valence-corrected chi connectivity index (χ3v) is 18.5. The van der Waals surface area contributed by atoms with Crippen LogP contribution in [0.15, 0.2) is 12.7 Å². The summed E-state index contributed by atoms with van der Waals surface area (Å²) in [5.74, 6) is -2.53. The number of ketones is 2. The fourth-order valence-corrected chi connectivity index (χ4v) is 13.8. The van der Waals surface area contributed by atoms with Crippen LogP contribution < -0.4 is 10.0 Å². The van der Waals surface area contributed by atoms with Crippen LogP contribution in [0, 0.1) is 44.8 Å². The molecule has 2 aliphatic heterocycles. The first kappa shape index (κ1) is 46.9. The number of hydrogen-bond acceptors (Lipinski definition) is 8. The summed E-state index contributed by atoms with van der Waals surface area (Å²) in [6.45, 7) is 21.9. The molecular formula is C47H77N5O7S. The largest absolute Gasteiger partial charge is 0.345 e. The van der Waals surface area contributed by atoms with Gasteiger partial charge in [-0.3, -0.25) is 28.9 Å². The lowest BCUT2D eigenvalue weighted by Crippen LogP contribution is -2.57. The van der Waals surface area contributed by atoms with Gasteiger partial charge < -0.3 is 10.2 Å². The Labute approximate surface area is 361 Å². The summed E-state index contributed by atoms with van der Waals surface area (Å²) in [5.41, 5.74) is -2.27. The van der Waals surface area contributed by atoms with Crippen molar-refractivity contribution in [3.63, 3.8) is 0 Å². The smallest absolute Gasteiger partial charge is 0.303 e. The van der Waals surface area contributed by atoms with Gasteiger partial charge in [0.25, 0.3) is 0 Å². The summed E-state index contributed by atoms with van der Waals surface area (Å²) < 4.78 is 29.6. The van der Waals surface area contributed by atoms with E-state index < -0.39 is 44.9 Å². The summed E-state index contributed by atoms with van der Waals surface area (Å²) in [7, 11) is -2.70. The van der Waals surface area contributed by atoms with E-state index in [9.17, 15) is 27.6 Å². The highest BCUT2D eigenvalue weighted by Gasteiger charge is 2.85. The van der Waals surface area contributed by atoms with Gasteiger partial charge in [-0.1, -0.05) is 79.7 Å². The van der Waals surface area contributed by atoms with Crippen LogP contribution in [-0.4, -0.2) is 103 Å². The molecule has 2 heterocycles. The average Bonchev–Trinajstić information content (AvgIpc) is 3.90. The maximum absolute atomic E-state index is 15.4. The van der Waals surface area contributed by atoms with Crippen molar-refractivity contribution < 1.29 is 32.4 Å². The lowest BCUT2D eigenvalue weighted by Gasteiger charge is -2.40. The zero-order valence-electron chi connectivity index (χ0n) is 38.4. The number of nitrogens with zero attached hydrogens (tertiary/aromatic N) is 3. The molecule has 0 aromatic rings. The van der Waals surface area contributed by atoms with Crippen molar-refractivity contribution in [1.82, 2.24) is 24.1 Å². The average molecular weight is 856 g/mol. The van der Waals surface area contributed by atoms with Crippen LogP contribution in [-0.2, 0) is 34.2 Å². The molecule has 12 nitrogen and oxygen atoms in total. The molecule has 2 saturated heterocycles. The van der Waals surface area contributed by atoms with Gasteiger partial charge in [-0.2, -0.15) is 12.7 Å². The quantitative estimate of drug-likeness (QED) is 0.156. The molecule has 0 aromatic carbocycles. The number of carbonyl (C=O) groups is 5. The summed E-state index contributed by atoms with van der Waals surface area (Å²) in [5, 5.41) is 3.28. The van der Waals surface area contributed by atoms with Crippen LogP contribution in [0.1, 0.15) is 158 Å². The van der Waals surface area contributed by atoms with Gasteiger partial charge in [0, 0.05) is 50.4 Å². The van der Waals surface area contributed by atoms with Gasteiger partial charge in [-0.05, 0) is 106 Å². The maximum atomic E-state index is 15.4. The van der Waals surface area contributed by atoms with Gasteiger partial charge in [0.1, 0.15) is 0 Å². The molecule has 6 aliphatic rings. The second-order valence-corrected chi connectivity index (χ2v) is 23.5. The number of amides is 3. The van der Waals surface area contributed by atoms with Gasteiger partial charge in [-0.25, -0.2) is 4.72 Å². The predicted octanol–water partition coefficient (Wildman–Crippen LogP) is 6.59. The first-order valence-corrected chi connectivity index (χ1v) is 24.8. The van der Waals surface area contributed by atoms with Gasteiger partial charge in [-0.15, -0.1) is 6.58 Å². The fourth-order valence-electron chi connectivity index (χ4n) is 12.8. The molecular weight excluding hydrogens is 779 g/mol. The number of rotatable bonds is 17. The van der Waals surface area contributed by atoms with Crippen molar-refractivity contribution in [3.8, 4) is 0 Å². The topological polar surface area (TPSA) is 153 Å². The second kappa shape index (κ2) is 17.1. The van der Waals surface area contributed by atoms with Gasteiger partial charge in [0.05, 0.1) is 23.5 Å². The van der Waals surface area contributed by atoms with Crippen molar-refractivity contribution in [2.75, 3.05) is 26.7 Å². The Morgan fingerprint density at radius 1 is 0.917 bits per heavy atom. The number of piperidine rings is 1. The SMILES string of the molecule is C=C[C@@H]1C[C@]1(CC(=O)[C@@H]1C[C@@]2(CN1C(=O)[C@@H](CC(=O)[C@@H](NC(=O)[C@@H]1CCCCN1C(C)C)C1CCCCC1)C(C)(C)C)C(C)(C)C21CCC1)C(=O)NS(=O)(=O)N(C)CCC. The van der Waals surface area contributed by atoms with Gasteiger partial charge >= 0.3 is 10.2 Å². The summed E-state index contributed by atoms with van der Waals surface area (Å²) in [4.78, 5) is 77.1. The van der Waals surface area contributed by atoms with Crippen LogP contribution in [0.3, 0.4) is 0 Å². The number of hydrogen-bond donors (Lipinski definition) is 2. The molecule has 0 unspecified atom stereocenters. The number of fused-ring (bicyclic) bond motifs is 1. The van der Waals surface area contributed by atoms with Crippen molar-refractivity contribution in [2.45, 2.75) is 182 Å². The van der Waals surface area contributed by atoms with Crippen LogP contribution >= 0.6 is 0 Å². The van der Waals surface area contributed by atoms with Crippen LogP contribution in [0.5, 0.6) is 0 Å². The molecule has 4 saturated carbocycles. The van der Waals surface area contributed by atoms with Crippen LogP contribution in [0.2, 0.25) is 0 Å². The zero-order chi connectivity index (χ0) is 44.2. The van der Waals surface area contributed by atoms with E-state index in [4.69, 9.17) is 0 Å². The Hall–Kier alpha value is -2.64. The van der Waals surface area contributed by atoms with E-state index in [2.05, 4.69) is 49.2 Å². The Bertz CT molecular complexity index is 1800. The molecule has 4 aliphatic carbocycles. The molecule has 6 rings (SSSR count). The molecule has 7 atom stereocenters. The maximum Gasteiger partial charge on any atom is 0.303 e. The van der Waals surface area contributed by atoms with E-state index in [1.54, 1.807) is 11.0 Å². The first-order valence-electron chi connectivity index (χ1n) is 23.4. The Morgan fingerprint density at radius 2 is 1.57 bits per heavy atom. The fraction of sp³-hybridized carbons (Fsp3) is 0.851. The summed E-state index contributed by atoms with van der Waals surface area (Å²) >= 11 is 0. The minimum absolute atomic E-state index is 0.00129. The number of Topliss-reactive ketones (excluding diaryl/α,β-unsaturated/α-hetero) is 2. The standard InChI is InChI=1S/C47H77N5O7S/c1-11-24-50(10)60(58,59)49-42(57)45(27-33(45)12-2)29-38(54)36-28-47(44(8,9)46(47)22-18-23-46)30-52(36)41(56)34(43(5,6)7)26-37(53)39(32-19-14-13-15-20-32)48-40(55)35-21-16-17-25-51(35)31(3)4/h12,31-36,39H,2,11,13-30H2,1,3-10H3,(H,48,55)(H,49,57)/t33-,34-,35+,36+,39+,45-,47-/m1/s1. The normalized spacial score (nSPS) is 31.1. The minimum Gasteiger partial charge on any atom is -0.345 e. The van der Waals surface area contributed by atoms with E-state index in [1.165, 1.54) is 7.05 Å². The summed E-state index contributed by atoms with van der Waals surface area (Å²) in [6, 6.07) is -1.59. The molecule has 3 amide bonds. The predicted molar refractivity (Wildman–Crippen MR) is 234 cm³/mol. The molecule has 338 valence electrons. The molecule has 60 heavy (non-hydrogen) atoms. The summed E-state index contributed by atoms with van der Waals surface area (Å²) in [6.07, 6.45) is 13.5. The van der Waals surface area contributed by atoms with Gasteiger partial charge in [0.15, 0.2) is 11.6 Å². The number of likely N-dealkylation sites (tertiary alicyclic amines) is 2. The first-order chi connectivity index (χ1) is 28.0. The van der Waals surface area contributed by atoms with Crippen molar-refractivity contribution in [3.05, 3.63) is 12.7 Å². The monoisotopic (exact) mass is 856 g/mol. The lowest BCUT2D eigenvalue weighted by molar-refractivity contribution is -0.147. The minimum atomic E-state index is -4.12.